The molecular weight excluding hydrogens is 226 g/mol. The minimum Gasteiger partial charge on any atom is -0.395 e. The lowest BCUT2D eigenvalue weighted by Crippen LogP contribution is -2.31. The lowest BCUT2D eigenvalue weighted by atomic mass is 10.4. The average Bonchev–Trinajstić information content (AvgIpc) is 2.28. The molecule has 0 saturated carbocycles. The molecule has 0 bridgehead atoms. The molecule has 0 atom stereocenters. The van der Waals surface area contributed by atoms with Crippen molar-refractivity contribution in [3.63, 3.8) is 0 Å². The van der Waals surface area contributed by atoms with Gasteiger partial charge in [0.25, 0.3) is 0 Å². The molecule has 0 aliphatic heterocycles. The Balaban J connectivity index is 2.29. The van der Waals surface area contributed by atoms with Crippen molar-refractivity contribution < 1.29 is 5.11 Å². The molecule has 2 N–H and O–H groups in total. The molecule has 1 aromatic heterocycles. The molecular formula is C11H18ClN3O. The van der Waals surface area contributed by atoms with Gasteiger partial charge in [0, 0.05) is 31.5 Å². The Hall–Kier alpha value is -0.840. The second-order valence-corrected chi connectivity index (χ2v) is 3.84. The van der Waals surface area contributed by atoms with Crippen LogP contribution in [-0.4, -0.2) is 47.8 Å². The first kappa shape index (κ1) is 13.2. The van der Waals surface area contributed by atoms with Gasteiger partial charge in [-0.3, -0.25) is 4.90 Å². The number of hydrogen-bond donors (Lipinski definition) is 2. The number of aliphatic hydroxyl groups excluding tert-OH is 1. The number of rotatable bonds is 7. The molecule has 1 rings (SSSR count). The van der Waals surface area contributed by atoms with Gasteiger partial charge in [-0.2, -0.15) is 0 Å². The summed E-state index contributed by atoms with van der Waals surface area (Å²) in [7, 11) is 0. The van der Waals surface area contributed by atoms with Crippen LogP contribution in [0.2, 0.25) is 5.15 Å². The van der Waals surface area contributed by atoms with Crippen LogP contribution in [0.25, 0.3) is 0 Å². The van der Waals surface area contributed by atoms with Gasteiger partial charge in [-0.1, -0.05) is 18.5 Å². The maximum absolute atomic E-state index is 8.83. The van der Waals surface area contributed by atoms with Crippen molar-refractivity contribution >= 4 is 17.3 Å². The van der Waals surface area contributed by atoms with E-state index in [1.165, 1.54) is 0 Å². The maximum Gasteiger partial charge on any atom is 0.131 e. The predicted octanol–water partition coefficient (Wildman–Crippen LogP) is 1.46. The smallest absolute Gasteiger partial charge is 0.131 e. The Bertz CT molecular complexity index is 309. The number of anilines is 1. The van der Waals surface area contributed by atoms with E-state index in [1.807, 2.05) is 6.07 Å². The van der Waals surface area contributed by atoms with Crippen LogP contribution in [0.5, 0.6) is 0 Å². The summed E-state index contributed by atoms with van der Waals surface area (Å²) in [6, 6.07) is 3.68. The van der Waals surface area contributed by atoms with E-state index in [0.717, 1.165) is 31.9 Å². The highest BCUT2D eigenvalue weighted by Gasteiger charge is 2.00. The van der Waals surface area contributed by atoms with Gasteiger partial charge in [0.1, 0.15) is 5.15 Å². The summed E-state index contributed by atoms with van der Waals surface area (Å²) >= 11 is 5.77. The summed E-state index contributed by atoms with van der Waals surface area (Å²) < 4.78 is 0. The second kappa shape index (κ2) is 7.44. The molecule has 90 valence electrons. The summed E-state index contributed by atoms with van der Waals surface area (Å²) in [6.45, 7) is 5.67. The molecule has 0 aromatic carbocycles. The highest BCUT2D eigenvalue weighted by molar-refractivity contribution is 6.29. The van der Waals surface area contributed by atoms with Crippen molar-refractivity contribution in [1.29, 1.82) is 0 Å². The number of likely N-dealkylation sites (N-methyl/N-ethyl adjacent to an activating group) is 1. The van der Waals surface area contributed by atoms with Crippen molar-refractivity contribution in [3.05, 3.63) is 23.5 Å². The third-order valence-corrected chi connectivity index (χ3v) is 2.55. The molecule has 0 radical (unpaired) electrons. The topological polar surface area (TPSA) is 48.4 Å². The lowest BCUT2D eigenvalue weighted by molar-refractivity contribution is 0.206. The first-order valence-corrected chi connectivity index (χ1v) is 5.82. The second-order valence-electron chi connectivity index (χ2n) is 3.45. The van der Waals surface area contributed by atoms with E-state index in [0.29, 0.717) is 5.15 Å². The number of pyridine rings is 1. The molecule has 0 amide bonds. The highest BCUT2D eigenvalue weighted by atomic mass is 35.5. The van der Waals surface area contributed by atoms with Crippen LogP contribution in [0.1, 0.15) is 6.92 Å². The van der Waals surface area contributed by atoms with Crippen LogP contribution in [-0.2, 0) is 0 Å². The molecule has 0 unspecified atom stereocenters. The Morgan fingerprint density at radius 3 is 2.94 bits per heavy atom. The zero-order chi connectivity index (χ0) is 11.8. The summed E-state index contributed by atoms with van der Waals surface area (Å²) in [5, 5.41) is 12.6. The van der Waals surface area contributed by atoms with Crippen LogP contribution in [0, 0.1) is 0 Å². The van der Waals surface area contributed by atoms with Gasteiger partial charge < -0.3 is 10.4 Å². The molecule has 0 fully saturated rings. The minimum absolute atomic E-state index is 0.203. The fourth-order valence-corrected chi connectivity index (χ4v) is 1.61. The van der Waals surface area contributed by atoms with E-state index in [1.54, 1.807) is 12.3 Å². The number of nitrogens with one attached hydrogen (secondary N) is 1. The molecule has 5 heteroatoms. The SMILES string of the molecule is CCN(CCO)CCNc1ccnc(Cl)c1. The Morgan fingerprint density at radius 2 is 2.31 bits per heavy atom. The van der Waals surface area contributed by atoms with Gasteiger partial charge in [0.15, 0.2) is 0 Å². The maximum atomic E-state index is 8.83. The largest absolute Gasteiger partial charge is 0.395 e. The standard InChI is InChI=1S/C11H18ClN3O/c1-2-15(7-8-16)6-5-13-10-3-4-14-11(12)9-10/h3-4,9,16H,2,5-8H2,1H3,(H,13,14). The van der Waals surface area contributed by atoms with E-state index in [4.69, 9.17) is 16.7 Å². The van der Waals surface area contributed by atoms with Crippen LogP contribution < -0.4 is 5.32 Å². The van der Waals surface area contributed by atoms with Crippen LogP contribution in [0.15, 0.2) is 18.3 Å². The van der Waals surface area contributed by atoms with Crippen molar-refractivity contribution in [2.24, 2.45) is 0 Å². The van der Waals surface area contributed by atoms with Crippen LogP contribution in [0.3, 0.4) is 0 Å². The summed E-state index contributed by atoms with van der Waals surface area (Å²) in [6.07, 6.45) is 1.68. The van der Waals surface area contributed by atoms with Crippen molar-refractivity contribution in [2.75, 3.05) is 38.1 Å². The Labute approximate surface area is 101 Å². The van der Waals surface area contributed by atoms with E-state index in [9.17, 15) is 0 Å². The average molecular weight is 244 g/mol. The van der Waals surface area contributed by atoms with E-state index < -0.39 is 0 Å². The Kier molecular flexibility index (Phi) is 6.15. The van der Waals surface area contributed by atoms with Gasteiger partial charge in [-0.15, -0.1) is 0 Å². The van der Waals surface area contributed by atoms with Gasteiger partial charge in [0.05, 0.1) is 6.61 Å². The van der Waals surface area contributed by atoms with Crippen molar-refractivity contribution in [2.45, 2.75) is 6.92 Å². The van der Waals surface area contributed by atoms with Gasteiger partial charge in [0.2, 0.25) is 0 Å². The van der Waals surface area contributed by atoms with E-state index in [-0.39, 0.29) is 6.61 Å². The molecule has 0 aliphatic carbocycles. The van der Waals surface area contributed by atoms with Crippen molar-refractivity contribution in [1.82, 2.24) is 9.88 Å². The molecule has 0 saturated heterocycles. The van der Waals surface area contributed by atoms with Gasteiger partial charge in [-0.05, 0) is 18.7 Å². The zero-order valence-electron chi connectivity index (χ0n) is 9.49. The third-order valence-electron chi connectivity index (χ3n) is 2.35. The zero-order valence-corrected chi connectivity index (χ0v) is 10.2. The molecule has 1 heterocycles. The quantitative estimate of drug-likeness (QED) is 0.712. The summed E-state index contributed by atoms with van der Waals surface area (Å²) in [4.78, 5) is 6.09. The monoisotopic (exact) mass is 243 g/mol. The minimum atomic E-state index is 0.203. The first-order chi connectivity index (χ1) is 7.76. The summed E-state index contributed by atoms with van der Waals surface area (Å²) in [5.41, 5.74) is 0.972. The molecule has 4 nitrogen and oxygen atoms in total. The van der Waals surface area contributed by atoms with Crippen LogP contribution >= 0.6 is 11.6 Å². The van der Waals surface area contributed by atoms with E-state index >= 15 is 0 Å². The normalized spacial score (nSPS) is 10.8. The van der Waals surface area contributed by atoms with Crippen molar-refractivity contribution in [3.8, 4) is 0 Å². The number of aromatic nitrogens is 1. The third kappa shape index (κ3) is 4.79. The van der Waals surface area contributed by atoms with Gasteiger partial charge in [-0.25, -0.2) is 4.98 Å². The number of halogens is 1. The Morgan fingerprint density at radius 1 is 1.50 bits per heavy atom. The first-order valence-electron chi connectivity index (χ1n) is 5.45. The highest BCUT2D eigenvalue weighted by Crippen LogP contribution is 2.11. The fraction of sp³-hybridized carbons (Fsp3) is 0.545. The molecule has 16 heavy (non-hydrogen) atoms. The molecule has 1 aromatic rings. The number of aliphatic hydroxyl groups is 1. The van der Waals surface area contributed by atoms with E-state index in [2.05, 4.69) is 22.1 Å². The number of hydrogen-bond acceptors (Lipinski definition) is 4. The molecule has 0 aliphatic rings. The predicted molar refractivity (Wildman–Crippen MR) is 66.9 cm³/mol. The van der Waals surface area contributed by atoms with Gasteiger partial charge >= 0.3 is 0 Å². The number of nitrogens with zero attached hydrogens (tertiary/aromatic N) is 2. The lowest BCUT2D eigenvalue weighted by Gasteiger charge is -2.19. The fourth-order valence-electron chi connectivity index (χ4n) is 1.44. The summed E-state index contributed by atoms with van der Waals surface area (Å²) in [5.74, 6) is 0. The molecule has 0 spiro atoms. The van der Waals surface area contributed by atoms with Crippen LogP contribution in [0.4, 0.5) is 5.69 Å².